The Kier molecular flexibility index (Phi) is 4.92. The normalized spacial score (nSPS) is 14.4. The number of aliphatic hydroxyl groups excluding tert-OH is 2. The van der Waals surface area contributed by atoms with Crippen molar-refractivity contribution >= 4 is 22.6 Å². The van der Waals surface area contributed by atoms with Gasteiger partial charge in [-0.1, -0.05) is 11.8 Å². The molecule has 17 heavy (non-hydrogen) atoms. The van der Waals surface area contributed by atoms with Crippen molar-refractivity contribution in [2.75, 3.05) is 11.5 Å². The van der Waals surface area contributed by atoms with E-state index in [1.807, 2.05) is 0 Å². The van der Waals surface area contributed by atoms with Crippen LogP contribution in [0.3, 0.4) is 0 Å². The lowest BCUT2D eigenvalue weighted by Crippen LogP contribution is -2.21. The summed E-state index contributed by atoms with van der Waals surface area (Å²) in [5, 5.41) is 19.4. The van der Waals surface area contributed by atoms with Gasteiger partial charge >= 0.3 is 0 Å². The summed E-state index contributed by atoms with van der Waals surface area (Å²) in [6.45, 7) is 3.17. The molecule has 1 aromatic heterocycles. The lowest BCUT2D eigenvalue weighted by molar-refractivity contribution is -0.109. The van der Waals surface area contributed by atoms with Gasteiger partial charge in [-0.25, -0.2) is 0 Å². The number of rotatable bonds is 4. The second-order valence-electron chi connectivity index (χ2n) is 3.76. The minimum Gasteiger partial charge on any atom is -0.397 e. The van der Waals surface area contributed by atoms with E-state index in [-0.39, 0.29) is 10.9 Å². The van der Waals surface area contributed by atoms with Crippen LogP contribution in [0.2, 0.25) is 0 Å². The average molecular weight is 256 g/mol. The number of aryl methyl sites for hydroxylation is 1. The average Bonchev–Trinajstić information content (AvgIpc) is 2.28. The first kappa shape index (κ1) is 14.0. The summed E-state index contributed by atoms with van der Waals surface area (Å²) in [4.78, 5) is 14.8. The molecule has 0 amide bonds. The lowest BCUT2D eigenvalue weighted by Gasteiger charge is -2.17. The maximum absolute atomic E-state index is 10.7. The van der Waals surface area contributed by atoms with Crippen molar-refractivity contribution in [1.82, 2.24) is 4.98 Å². The zero-order valence-corrected chi connectivity index (χ0v) is 10.6. The van der Waals surface area contributed by atoms with Crippen molar-refractivity contribution in [2.24, 2.45) is 0 Å². The summed E-state index contributed by atoms with van der Waals surface area (Å²) in [6, 6.07) is 1.58. The molecule has 1 aromatic rings. The highest BCUT2D eigenvalue weighted by molar-refractivity contribution is 8.13. The molecule has 0 saturated heterocycles. The fourth-order valence-corrected chi connectivity index (χ4v) is 1.83. The van der Waals surface area contributed by atoms with Crippen molar-refractivity contribution in [3.63, 3.8) is 0 Å². The second kappa shape index (κ2) is 6.00. The molecule has 0 aliphatic heterocycles. The molecule has 5 nitrogen and oxygen atoms in total. The first-order valence-electron chi connectivity index (χ1n) is 5.13. The van der Waals surface area contributed by atoms with Crippen LogP contribution >= 0.6 is 11.8 Å². The van der Waals surface area contributed by atoms with Crippen molar-refractivity contribution in [2.45, 2.75) is 26.1 Å². The van der Waals surface area contributed by atoms with Gasteiger partial charge < -0.3 is 15.9 Å². The molecule has 2 unspecified atom stereocenters. The second-order valence-corrected chi connectivity index (χ2v) is 4.95. The summed E-state index contributed by atoms with van der Waals surface area (Å²) in [7, 11) is 0. The third-order valence-corrected chi connectivity index (χ3v) is 3.23. The standard InChI is InChI=1S/C11H16N2O3S/c1-6-9(12)3-8(4-13-6)11(16)10(15)5-17-7(2)14/h3-4,10-11,15-16H,5,12H2,1-2H3. The zero-order valence-electron chi connectivity index (χ0n) is 9.75. The predicted octanol–water partition coefficient (Wildman–Crippen LogP) is 0.646. The third kappa shape index (κ3) is 3.99. The first-order chi connectivity index (χ1) is 7.91. The highest BCUT2D eigenvalue weighted by atomic mass is 32.2. The molecule has 1 rings (SSSR count). The fourth-order valence-electron chi connectivity index (χ4n) is 1.24. The molecule has 1 heterocycles. The van der Waals surface area contributed by atoms with Crippen LogP contribution in [0.25, 0.3) is 0 Å². The number of aromatic nitrogens is 1. The quantitative estimate of drug-likeness (QED) is 0.732. The SMILES string of the molecule is CC(=O)SCC(O)C(O)c1cnc(C)c(N)c1. The topological polar surface area (TPSA) is 96.4 Å². The molecule has 0 aromatic carbocycles. The Morgan fingerprint density at radius 3 is 2.76 bits per heavy atom. The Morgan fingerprint density at radius 2 is 2.24 bits per heavy atom. The molecular weight excluding hydrogens is 240 g/mol. The molecule has 0 radical (unpaired) electrons. The van der Waals surface area contributed by atoms with Gasteiger partial charge in [0.05, 0.1) is 17.5 Å². The maximum Gasteiger partial charge on any atom is 0.185 e. The van der Waals surface area contributed by atoms with Gasteiger partial charge in [0.15, 0.2) is 5.12 Å². The molecule has 0 saturated carbocycles. The maximum atomic E-state index is 10.7. The Bertz CT molecular complexity index is 412. The van der Waals surface area contributed by atoms with Gasteiger partial charge in [-0.3, -0.25) is 9.78 Å². The van der Waals surface area contributed by atoms with E-state index < -0.39 is 12.2 Å². The smallest absolute Gasteiger partial charge is 0.185 e. The molecule has 0 aliphatic rings. The van der Waals surface area contributed by atoms with E-state index in [9.17, 15) is 15.0 Å². The van der Waals surface area contributed by atoms with Gasteiger partial charge in [0.25, 0.3) is 0 Å². The van der Waals surface area contributed by atoms with E-state index in [2.05, 4.69) is 4.98 Å². The van der Waals surface area contributed by atoms with Crippen LogP contribution in [-0.2, 0) is 4.79 Å². The van der Waals surface area contributed by atoms with Crippen LogP contribution < -0.4 is 5.73 Å². The van der Waals surface area contributed by atoms with Crippen molar-refractivity contribution in [1.29, 1.82) is 0 Å². The summed E-state index contributed by atoms with van der Waals surface area (Å²) in [5.74, 6) is 0.143. The molecule has 0 fully saturated rings. The molecule has 0 bridgehead atoms. The highest BCUT2D eigenvalue weighted by Gasteiger charge is 2.20. The van der Waals surface area contributed by atoms with Crippen LogP contribution in [0.4, 0.5) is 5.69 Å². The molecule has 4 N–H and O–H groups in total. The van der Waals surface area contributed by atoms with Crippen LogP contribution in [0.15, 0.2) is 12.3 Å². The lowest BCUT2D eigenvalue weighted by atomic mass is 10.1. The molecular formula is C11H16N2O3S. The largest absolute Gasteiger partial charge is 0.397 e. The molecule has 0 aliphatic carbocycles. The predicted molar refractivity (Wildman–Crippen MR) is 67.5 cm³/mol. The summed E-state index contributed by atoms with van der Waals surface area (Å²) in [6.07, 6.45) is -0.636. The van der Waals surface area contributed by atoms with Gasteiger partial charge in [-0.2, -0.15) is 0 Å². The molecule has 0 spiro atoms. The number of nitrogens with two attached hydrogens (primary N) is 1. The Morgan fingerprint density at radius 1 is 1.59 bits per heavy atom. The van der Waals surface area contributed by atoms with Crippen molar-refractivity contribution in [3.8, 4) is 0 Å². The number of aliphatic hydroxyl groups is 2. The van der Waals surface area contributed by atoms with Gasteiger partial charge in [-0.05, 0) is 13.0 Å². The Hall–Kier alpha value is -1.11. The summed E-state index contributed by atoms with van der Waals surface area (Å²) >= 11 is 0.969. The van der Waals surface area contributed by atoms with E-state index in [0.717, 1.165) is 11.8 Å². The fraction of sp³-hybridized carbons (Fsp3) is 0.455. The van der Waals surface area contributed by atoms with E-state index in [4.69, 9.17) is 5.73 Å². The number of thioether (sulfide) groups is 1. The van der Waals surface area contributed by atoms with E-state index in [1.54, 1.807) is 13.0 Å². The van der Waals surface area contributed by atoms with Crippen molar-refractivity contribution < 1.29 is 15.0 Å². The number of anilines is 1. The van der Waals surface area contributed by atoms with Gasteiger partial charge in [0.2, 0.25) is 0 Å². The van der Waals surface area contributed by atoms with Crippen molar-refractivity contribution in [3.05, 3.63) is 23.5 Å². The van der Waals surface area contributed by atoms with Gasteiger partial charge in [0, 0.05) is 24.4 Å². The number of hydrogen-bond acceptors (Lipinski definition) is 6. The Balaban J connectivity index is 2.70. The molecule has 6 heteroatoms. The minimum atomic E-state index is -1.09. The van der Waals surface area contributed by atoms with Crippen LogP contribution in [0.1, 0.15) is 24.3 Å². The van der Waals surface area contributed by atoms with E-state index in [0.29, 0.717) is 16.9 Å². The minimum absolute atomic E-state index is 0.0993. The van der Waals surface area contributed by atoms with E-state index >= 15 is 0 Å². The number of hydrogen-bond donors (Lipinski definition) is 3. The first-order valence-corrected chi connectivity index (χ1v) is 6.12. The van der Waals surface area contributed by atoms with E-state index in [1.165, 1.54) is 13.1 Å². The van der Waals surface area contributed by atoms with Crippen LogP contribution in [-0.4, -0.2) is 32.2 Å². The number of carbonyl (C=O) groups excluding carboxylic acids is 1. The third-order valence-electron chi connectivity index (χ3n) is 2.31. The summed E-state index contributed by atoms with van der Waals surface area (Å²) < 4.78 is 0. The van der Waals surface area contributed by atoms with Crippen LogP contribution in [0.5, 0.6) is 0 Å². The zero-order chi connectivity index (χ0) is 13.0. The monoisotopic (exact) mass is 256 g/mol. The summed E-state index contributed by atoms with van der Waals surface area (Å²) in [5.41, 5.74) is 7.26. The molecule has 2 atom stereocenters. The van der Waals surface area contributed by atoms with Gasteiger partial charge in [-0.15, -0.1) is 0 Å². The molecule has 94 valence electrons. The van der Waals surface area contributed by atoms with Crippen LogP contribution in [0, 0.1) is 6.92 Å². The number of nitrogens with zero attached hydrogens (tertiary/aromatic N) is 1. The number of nitrogen functional groups attached to an aromatic ring is 1. The number of pyridine rings is 1. The van der Waals surface area contributed by atoms with Gasteiger partial charge in [0.1, 0.15) is 6.10 Å². The highest BCUT2D eigenvalue weighted by Crippen LogP contribution is 2.22. The number of carbonyl (C=O) groups is 1. The Labute approximate surface area is 104 Å².